The monoisotopic (exact) mass is 299 g/mol. The number of aromatic nitrogens is 1. The van der Waals surface area contributed by atoms with Crippen LogP contribution in [0, 0.1) is 6.92 Å². The molecule has 0 fully saturated rings. The van der Waals surface area contributed by atoms with Crippen LogP contribution in [0.2, 0.25) is 0 Å². The molecule has 0 amide bonds. The Morgan fingerprint density at radius 3 is 2.86 bits per heavy atom. The van der Waals surface area contributed by atoms with Crippen LogP contribution in [0.1, 0.15) is 20.8 Å². The van der Waals surface area contributed by atoms with E-state index in [9.17, 15) is 9.90 Å². The first-order valence-electron chi connectivity index (χ1n) is 6.43. The first-order valence-corrected chi connectivity index (χ1v) is 7.25. The number of thiophene rings is 1. The fourth-order valence-corrected chi connectivity index (χ4v) is 3.54. The summed E-state index contributed by atoms with van der Waals surface area (Å²) in [4.78, 5) is 16.3. The van der Waals surface area contributed by atoms with Crippen molar-refractivity contribution in [3.63, 3.8) is 0 Å². The van der Waals surface area contributed by atoms with Crippen LogP contribution < -0.4 is 0 Å². The molecule has 0 atom stereocenters. The molecule has 2 aromatic heterocycles. The van der Waals surface area contributed by atoms with Crippen molar-refractivity contribution in [3.8, 4) is 11.3 Å². The van der Waals surface area contributed by atoms with E-state index < -0.39 is 5.97 Å². The minimum atomic E-state index is -0.968. The Bertz CT molecular complexity index is 839. The first-order chi connectivity index (χ1) is 10.1. The number of aryl methyl sites for hydroxylation is 1. The molecule has 2 N–H and O–H groups in total. The Morgan fingerprint density at radius 2 is 2.14 bits per heavy atom. The van der Waals surface area contributed by atoms with Crippen LogP contribution in [0.15, 0.2) is 36.5 Å². The highest BCUT2D eigenvalue weighted by molar-refractivity contribution is 7.19. The van der Waals surface area contributed by atoms with E-state index >= 15 is 0 Å². The summed E-state index contributed by atoms with van der Waals surface area (Å²) in [6.45, 7) is 1.99. The highest BCUT2D eigenvalue weighted by Gasteiger charge is 2.13. The predicted octanol–water partition coefficient (Wildman–Crippen LogP) is 3.46. The average Bonchev–Trinajstić information content (AvgIpc) is 2.84. The summed E-state index contributed by atoms with van der Waals surface area (Å²) in [5.41, 5.74) is 2.80. The Labute approximate surface area is 125 Å². The van der Waals surface area contributed by atoms with Crippen LogP contribution in [-0.4, -0.2) is 21.2 Å². The van der Waals surface area contributed by atoms with E-state index in [-0.39, 0.29) is 12.2 Å². The van der Waals surface area contributed by atoms with Crippen molar-refractivity contribution in [3.05, 3.63) is 52.5 Å². The summed E-state index contributed by atoms with van der Waals surface area (Å²) in [6.07, 6.45) is 1.50. The van der Waals surface area contributed by atoms with Gasteiger partial charge in [0, 0.05) is 21.3 Å². The molecule has 1 aromatic carbocycles. The number of carboxylic acids is 1. The molecule has 106 valence electrons. The number of carbonyl (C=O) groups is 1. The molecule has 3 aromatic rings. The maximum atomic E-state index is 11.1. The van der Waals surface area contributed by atoms with Gasteiger partial charge in [-0.2, -0.15) is 0 Å². The number of fused-ring (bicyclic) bond motifs is 1. The average molecular weight is 299 g/mol. The Hall–Kier alpha value is -2.24. The van der Waals surface area contributed by atoms with Gasteiger partial charge in [-0.1, -0.05) is 18.2 Å². The van der Waals surface area contributed by atoms with Crippen LogP contribution in [-0.2, 0) is 6.61 Å². The maximum absolute atomic E-state index is 11.1. The van der Waals surface area contributed by atoms with E-state index in [1.165, 1.54) is 23.6 Å². The van der Waals surface area contributed by atoms with E-state index in [2.05, 4.69) is 4.98 Å². The van der Waals surface area contributed by atoms with Crippen molar-refractivity contribution < 1.29 is 15.0 Å². The molecule has 0 spiro atoms. The molecule has 0 radical (unpaired) electrons. The summed E-state index contributed by atoms with van der Waals surface area (Å²) in [7, 11) is 0. The van der Waals surface area contributed by atoms with Gasteiger partial charge >= 0.3 is 5.97 Å². The van der Waals surface area contributed by atoms with Crippen LogP contribution in [0.5, 0.6) is 0 Å². The molecule has 2 heterocycles. The van der Waals surface area contributed by atoms with Crippen molar-refractivity contribution in [1.29, 1.82) is 0 Å². The number of rotatable bonds is 3. The van der Waals surface area contributed by atoms with Gasteiger partial charge in [0.25, 0.3) is 0 Å². The summed E-state index contributed by atoms with van der Waals surface area (Å²) in [5, 5.41) is 19.6. The Morgan fingerprint density at radius 1 is 1.33 bits per heavy atom. The lowest BCUT2D eigenvalue weighted by molar-refractivity contribution is 0.0697. The molecule has 0 saturated carbocycles. The number of benzene rings is 1. The zero-order valence-corrected chi connectivity index (χ0v) is 12.1. The van der Waals surface area contributed by atoms with Gasteiger partial charge in [-0.05, 0) is 30.0 Å². The van der Waals surface area contributed by atoms with Gasteiger partial charge in [-0.15, -0.1) is 11.3 Å². The van der Waals surface area contributed by atoms with E-state index in [1.54, 1.807) is 6.07 Å². The highest BCUT2D eigenvalue weighted by Crippen LogP contribution is 2.37. The predicted molar refractivity (Wildman–Crippen MR) is 82.7 cm³/mol. The maximum Gasteiger partial charge on any atom is 0.335 e. The zero-order valence-electron chi connectivity index (χ0n) is 11.3. The van der Waals surface area contributed by atoms with Crippen LogP contribution in [0.25, 0.3) is 21.3 Å². The van der Waals surface area contributed by atoms with Crippen molar-refractivity contribution >= 4 is 27.4 Å². The largest absolute Gasteiger partial charge is 0.478 e. The summed E-state index contributed by atoms with van der Waals surface area (Å²) in [5.74, 6) is -0.968. The van der Waals surface area contributed by atoms with Gasteiger partial charge in [-0.25, -0.2) is 4.79 Å². The molecule has 21 heavy (non-hydrogen) atoms. The van der Waals surface area contributed by atoms with Gasteiger partial charge in [0.05, 0.1) is 17.9 Å². The SMILES string of the molecule is Cc1c(CO)sc2c(-c3cc(C(=O)O)ccn3)cccc12. The number of carboxylic acid groups (broad SMARTS) is 1. The van der Waals surface area contributed by atoms with Crippen molar-refractivity contribution in [1.82, 2.24) is 4.98 Å². The smallest absolute Gasteiger partial charge is 0.335 e. The van der Waals surface area contributed by atoms with Crippen molar-refractivity contribution in [2.24, 2.45) is 0 Å². The van der Waals surface area contributed by atoms with Gasteiger partial charge in [-0.3, -0.25) is 4.98 Å². The van der Waals surface area contributed by atoms with Crippen molar-refractivity contribution in [2.45, 2.75) is 13.5 Å². The number of hydrogen-bond donors (Lipinski definition) is 2. The van der Waals surface area contributed by atoms with Gasteiger partial charge in [0.1, 0.15) is 0 Å². The molecule has 0 saturated heterocycles. The van der Waals surface area contributed by atoms with Crippen LogP contribution >= 0.6 is 11.3 Å². The molecule has 3 rings (SSSR count). The minimum absolute atomic E-state index is 0.00716. The second-order valence-corrected chi connectivity index (χ2v) is 5.83. The first kappa shape index (κ1) is 13.7. The van der Waals surface area contributed by atoms with E-state index in [4.69, 9.17) is 5.11 Å². The Kier molecular flexibility index (Phi) is 3.45. The molecule has 4 nitrogen and oxygen atoms in total. The number of nitrogens with zero attached hydrogens (tertiary/aromatic N) is 1. The number of aromatic carboxylic acids is 1. The molecular formula is C16H13NO3S. The lowest BCUT2D eigenvalue weighted by Gasteiger charge is -2.04. The molecule has 0 aliphatic rings. The van der Waals surface area contributed by atoms with E-state index in [0.29, 0.717) is 5.69 Å². The third kappa shape index (κ3) is 2.30. The van der Waals surface area contributed by atoms with Gasteiger partial charge in [0.15, 0.2) is 0 Å². The van der Waals surface area contributed by atoms with Gasteiger partial charge in [0.2, 0.25) is 0 Å². The third-order valence-electron chi connectivity index (χ3n) is 3.49. The second kappa shape index (κ2) is 5.27. The zero-order chi connectivity index (χ0) is 15.0. The Balaban J connectivity index is 2.25. The molecular weight excluding hydrogens is 286 g/mol. The summed E-state index contributed by atoms with van der Waals surface area (Å²) in [6, 6.07) is 8.90. The highest BCUT2D eigenvalue weighted by atomic mass is 32.1. The quantitative estimate of drug-likeness (QED) is 0.777. The van der Waals surface area contributed by atoms with E-state index in [1.807, 2.05) is 25.1 Å². The summed E-state index contributed by atoms with van der Waals surface area (Å²) >= 11 is 1.52. The fourth-order valence-electron chi connectivity index (χ4n) is 2.36. The molecule has 0 unspecified atom stereocenters. The number of aliphatic hydroxyl groups excluding tert-OH is 1. The minimum Gasteiger partial charge on any atom is -0.478 e. The standard InChI is InChI=1S/C16H13NO3S/c1-9-11-3-2-4-12(15(11)21-14(9)8-18)13-7-10(16(19)20)5-6-17-13/h2-7,18H,8H2,1H3,(H,19,20). The molecule has 0 aliphatic carbocycles. The molecule has 5 heteroatoms. The fraction of sp³-hybridized carbons (Fsp3) is 0.125. The number of pyridine rings is 1. The third-order valence-corrected chi connectivity index (χ3v) is 4.81. The van der Waals surface area contributed by atoms with Crippen molar-refractivity contribution in [2.75, 3.05) is 0 Å². The number of aliphatic hydroxyl groups is 1. The second-order valence-electron chi connectivity index (χ2n) is 4.73. The van der Waals surface area contributed by atoms with E-state index in [0.717, 1.165) is 26.1 Å². The molecule has 0 aliphatic heterocycles. The topological polar surface area (TPSA) is 70.4 Å². The normalized spacial score (nSPS) is 11.0. The lowest BCUT2D eigenvalue weighted by Crippen LogP contribution is -1.97. The van der Waals surface area contributed by atoms with Gasteiger partial charge < -0.3 is 10.2 Å². The lowest BCUT2D eigenvalue weighted by atomic mass is 10.0. The van der Waals surface area contributed by atoms with Crippen LogP contribution in [0.3, 0.4) is 0 Å². The van der Waals surface area contributed by atoms with Crippen LogP contribution in [0.4, 0.5) is 0 Å². The number of hydrogen-bond acceptors (Lipinski definition) is 4. The summed E-state index contributed by atoms with van der Waals surface area (Å²) < 4.78 is 1.02. The molecule has 0 bridgehead atoms.